The molecule has 6 nitrogen and oxygen atoms in total. The molecule has 1 unspecified atom stereocenters. The molecule has 5 rings (SSSR count). The number of aliphatic hydroxyl groups is 1. The minimum Gasteiger partial charge on any atom is -0.507 e. The van der Waals surface area contributed by atoms with Crippen molar-refractivity contribution < 1.29 is 19.4 Å². The Bertz CT molecular complexity index is 1480. The Morgan fingerprint density at radius 2 is 1.79 bits per heavy atom. The van der Waals surface area contributed by atoms with E-state index in [0.717, 1.165) is 10.8 Å². The molecule has 2 heterocycles. The zero-order valence-electron chi connectivity index (χ0n) is 17.7. The first-order valence-corrected chi connectivity index (χ1v) is 11.8. The molecular weight excluding hydrogens is 495 g/mol. The molecule has 0 spiro atoms. The number of aliphatic hydroxyl groups excluding tert-OH is 1. The summed E-state index contributed by atoms with van der Waals surface area (Å²) in [7, 11) is 1.59. The highest BCUT2D eigenvalue weighted by atomic mass is 35.5. The zero-order chi connectivity index (χ0) is 24.0. The van der Waals surface area contributed by atoms with E-state index in [1.54, 1.807) is 49.0 Å². The molecule has 1 saturated heterocycles. The summed E-state index contributed by atoms with van der Waals surface area (Å²) in [6.45, 7) is 0. The number of ketones is 1. The average Bonchev–Trinajstić information content (AvgIpc) is 3.46. The van der Waals surface area contributed by atoms with E-state index in [0.29, 0.717) is 27.0 Å². The highest BCUT2D eigenvalue weighted by molar-refractivity contribution is 7.14. The van der Waals surface area contributed by atoms with Gasteiger partial charge in [-0.2, -0.15) is 0 Å². The topological polar surface area (TPSA) is 79.7 Å². The van der Waals surface area contributed by atoms with Crippen molar-refractivity contribution in [1.29, 1.82) is 0 Å². The van der Waals surface area contributed by atoms with Crippen molar-refractivity contribution in [2.45, 2.75) is 6.04 Å². The maximum absolute atomic E-state index is 13.2. The zero-order valence-corrected chi connectivity index (χ0v) is 20.0. The highest BCUT2D eigenvalue weighted by Crippen LogP contribution is 2.44. The predicted octanol–water partition coefficient (Wildman–Crippen LogP) is 6.24. The lowest BCUT2D eigenvalue weighted by atomic mass is 9.94. The molecule has 34 heavy (non-hydrogen) atoms. The van der Waals surface area contributed by atoms with Crippen LogP contribution in [0.3, 0.4) is 0 Å². The fourth-order valence-electron chi connectivity index (χ4n) is 4.02. The van der Waals surface area contributed by atoms with E-state index in [2.05, 4.69) is 4.98 Å². The van der Waals surface area contributed by atoms with Gasteiger partial charge in [-0.15, -0.1) is 11.3 Å². The van der Waals surface area contributed by atoms with Gasteiger partial charge in [-0.25, -0.2) is 4.98 Å². The average molecular weight is 511 g/mol. The molecule has 9 heteroatoms. The van der Waals surface area contributed by atoms with Crippen molar-refractivity contribution in [2.75, 3.05) is 12.0 Å². The molecule has 170 valence electrons. The Labute approximate surface area is 208 Å². The number of anilines is 1. The monoisotopic (exact) mass is 510 g/mol. The number of aromatic nitrogens is 1. The standard InChI is InChI=1S/C25H16Cl2N2O4S/c1-33-17-6-4-13-10-16(3-2-14(13)11-17)22(30)20-21(15-5-7-18(26)19(27)12-15)29(24(32)23(20)31)25-28-8-9-34-25/h2-12,21,30H,1H3/b22-20+. The Morgan fingerprint density at radius 1 is 1.03 bits per heavy atom. The molecule has 1 N–H and O–H groups in total. The summed E-state index contributed by atoms with van der Waals surface area (Å²) in [4.78, 5) is 31.8. The number of nitrogens with zero attached hydrogens (tertiary/aromatic N) is 2. The maximum atomic E-state index is 13.2. The third-order valence-corrected chi connectivity index (χ3v) is 7.16. The largest absolute Gasteiger partial charge is 0.507 e. The van der Waals surface area contributed by atoms with Crippen molar-refractivity contribution in [3.8, 4) is 5.75 Å². The van der Waals surface area contributed by atoms with Gasteiger partial charge < -0.3 is 9.84 Å². The number of fused-ring (bicyclic) bond motifs is 1. The second-order valence-corrected chi connectivity index (χ2v) is 9.27. The first kappa shape index (κ1) is 22.4. The number of thiazole rings is 1. The van der Waals surface area contributed by atoms with E-state index in [1.807, 2.05) is 24.3 Å². The maximum Gasteiger partial charge on any atom is 0.301 e. The summed E-state index contributed by atoms with van der Waals surface area (Å²) in [5.41, 5.74) is 0.877. The second kappa shape index (κ2) is 8.76. The first-order valence-electron chi connectivity index (χ1n) is 10.1. The van der Waals surface area contributed by atoms with Crippen LogP contribution in [0.1, 0.15) is 17.2 Å². The SMILES string of the molecule is COc1ccc2cc(/C(O)=C3\C(=O)C(=O)N(c4nccs4)C3c3ccc(Cl)c(Cl)c3)ccc2c1. The van der Waals surface area contributed by atoms with E-state index in [-0.39, 0.29) is 16.4 Å². The molecule has 0 aliphatic carbocycles. The number of rotatable bonds is 4. The minimum absolute atomic E-state index is 0.0496. The molecule has 1 aromatic heterocycles. The van der Waals surface area contributed by atoms with Crippen LogP contribution in [0.15, 0.2) is 71.7 Å². The van der Waals surface area contributed by atoms with Gasteiger partial charge in [-0.3, -0.25) is 14.5 Å². The van der Waals surface area contributed by atoms with E-state index >= 15 is 0 Å². The lowest BCUT2D eigenvalue weighted by Gasteiger charge is -2.23. The van der Waals surface area contributed by atoms with Crippen molar-refractivity contribution in [3.05, 3.63) is 92.9 Å². The summed E-state index contributed by atoms with van der Waals surface area (Å²) in [5.74, 6) is -1.17. The van der Waals surface area contributed by atoms with Crippen LogP contribution in [0.4, 0.5) is 5.13 Å². The number of Topliss-reactive ketones (excluding diaryl/α,β-unsaturated/α-hetero) is 1. The normalized spacial score (nSPS) is 17.5. The number of amides is 1. The smallest absolute Gasteiger partial charge is 0.301 e. The fourth-order valence-corrected chi connectivity index (χ4v) is 4.99. The van der Waals surface area contributed by atoms with Crippen LogP contribution in [0.5, 0.6) is 5.75 Å². The van der Waals surface area contributed by atoms with Crippen molar-refractivity contribution in [2.24, 2.45) is 0 Å². The van der Waals surface area contributed by atoms with Crippen LogP contribution < -0.4 is 9.64 Å². The van der Waals surface area contributed by atoms with Gasteiger partial charge in [0, 0.05) is 17.1 Å². The van der Waals surface area contributed by atoms with Crippen LogP contribution in [0.2, 0.25) is 10.0 Å². The minimum atomic E-state index is -0.924. The number of carbonyl (C=O) groups is 2. The first-order chi connectivity index (χ1) is 16.4. The quantitative estimate of drug-likeness (QED) is 0.199. The number of hydrogen-bond donors (Lipinski definition) is 1. The lowest BCUT2D eigenvalue weighted by Crippen LogP contribution is -2.29. The third-order valence-electron chi connectivity index (χ3n) is 5.65. The molecule has 1 amide bonds. The van der Waals surface area contributed by atoms with E-state index in [1.165, 1.54) is 16.2 Å². The fraction of sp³-hybridized carbons (Fsp3) is 0.0800. The van der Waals surface area contributed by atoms with Crippen LogP contribution in [0.25, 0.3) is 16.5 Å². The number of hydrogen-bond acceptors (Lipinski definition) is 6. The van der Waals surface area contributed by atoms with E-state index < -0.39 is 17.7 Å². The number of ether oxygens (including phenoxy) is 1. The molecule has 3 aromatic carbocycles. The van der Waals surface area contributed by atoms with E-state index in [9.17, 15) is 14.7 Å². The van der Waals surface area contributed by atoms with Crippen molar-refractivity contribution in [1.82, 2.24) is 4.98 Å². The second-order valence-electron chi connectivity index (χ2n) is 7.59. The van der Waals surface area contributed by atoms with Gasteiger partial charge in [0.1, 0.15) is 11.5 Å². The van der Waals surface area contributed by atoms with Gasteiger partial charge in [0.05, 0.1) is 28.8 Å². The van der Waals surface area contributed by atoms with Crippen LogP contribution in [-0.2, 0) is 9.59 Å². The highest BCUT2D eigenvalue weighted by Gasteiger charge is 2.48. The summed E-state index contributed by atoms with van der Waals surface area (Å²) in [6.07, 6.45) is 1.54. The van der Waals surface area contributed by atoms with Crippen molar-refractivity contribution in [3.63, 3.8) is 0 Å². The van der Waals surface area contributed by atoms with Gasteiger partial charge in [-0.05, 0) is 46.7 Å². The molecule has 1 aliphatic rings. The molecule has 0 saturated carbocycles. The lowest BCUT2D eigenvalue weighted by molar-refractivity contribution is -0.132. The van der Waals surface area contributed by atoms with Crippen molar-refractivity contribution >= 4 is 67.9 Å². The molecule has 0 bridgehead atoms. The number of benzene rings is 3. The summed E-state index contributed by atoms with van der Waals surface area (Å²) in [5, 5.41) is 15.7. The molecule has 1 fully saturated rings. The number of carbonyl (C=O) groups excluding carboxylic acids is 2. The molecule has 0 radical (unpaired) electrons. The molecule has 1 aliphatic heterocycles. The molecule has 1 atom stereocenters. The van der Waals surface area contributed by atoms with Gasteiger partial charge in [-0.1, -0.05) is 47.5 Å². The third kappa shape index (κ3) is 3.72. The molecular formula is C25H16Cl2N2O4S. The van der Waals surface area contributed by atoms with Gasteiger partial charge >= 0.3 is 5.91 Å². The Hall–Kier alpha value is -3.39. The predicted molar refractivity (Wildman–Crippen MR) is 134 cm³/mol. The number of methoxy groups -OCH3 is 1. The van der Waals surface area contributed by atoms with Gasteiger partial charge in [0.2, 0.25) is 0 Å². The van der Waals surface area contributed by atoms with Crippen LogP contribution in [0, 0.1) is 0 Å². The Kier molecular flexibility index (Phi) is 5.77. The van der Waals surface area contributed by atoms with Gasteiger partial charge in [0.15, 0.2) is 5.13 Å². The van der Waals surface area contributed by atoms with Gasteiger partial charge in [0.25, 0.3) is 5.78 Å². The summed E-state index contributed by atoms with van der Waals surface area (Å²) >= 11 is 13.6. The molecule has 4 aromatic rings. The Balaban J connectivity index is 1.71. The van der Waals surface area contributed by atoms with E-state index in [4.69, 9.17) is 27.9 Å². The summed E-state index contributed by atoms with van der Waals surface area (Å²) < 4.78 is 5.26. The van der Waals surface area contributed by atoms with Crippen LogP contribution in [-0.4, -0.2) is 28.9 Å². The Morgan fingerprint density at radius 3 is 2.50 bits per heavy atom. The summed E-state index contributed by atoms with van der Waals surface area (Å²) in [6, 6.07) is 14.7. The number of halogens is 2. The van der Waals surface area contributed by atoms with Crippen LogP contribution >= 0.6 is 34.5 Å².